The van der Waals surface area contributed by atoms with Gasteiger partial charge in [0.05, 0.1) is 0 Å². The summed E-state index contributed by atoms with van der Waals surface area (Å²) in [6.07, 6.45) is 2.26. The minimum atomic E-state index is -0.135. The van der Waals surface area contributed by atoms with E-state index in [-0.39, 0.29) is 5.82 Å². The number of benzene rings is 1. The van der Waals surface area contributed by atoms with Gasteiger partial charge in [0.15, 0.2) is 0 Å². The number of hydrogen-bond acceptors (Lipinski definition) is 2. The molecule has 1 N–H and O–H groups in total. The van der Waals surface area contributed by atoms with Crippen molar-refractivity contribution in [2.75, 3.05) is 24.6 Å². The second-order valence-electron chi connectivity index (χ2n) is 4.31. The first-order chi connectivity index (χ1) is 7.84. The van der Waals surface area contributed by atoms with Gasteiger partial charge in [0.25, 0.3) is 0 Å². The first-order valence-corrected chi connectivity index (χ1v) is 7.03. The molecule has 16 heavy (non-hydrogen) atoms. The summed E-state index contributed by atoms with van der Waals surface area (Å²) in [5.41, 5.74) is 1.08. The molecule has 1 aliphatic heterocycles. The maximum absolute atomic E-state index is 12.9. The lowest BCUT2D eigenvalue weighted by atomic mass is 10.1. The van der Waals surface area contributed by atoms with Crippen LogP contribution >= 0.6 is 11.8 Å². The molecule has 1 fully saturated rings. The van der Waals surface area contributed by atoms with Crippen LogP contribution in [0.15, 0.2) is 24.3 Å². The van der Waals surface area contributed by atoms with Crippen LogP contribution in [0, 0.1) is 11.7 Å². The first kappa shape index (κ1) is 11.9. The van der Waals surface area contributed by atoms with Crippen molar-refractivity contribution in [3.8, 4) is 0 Å². The van der Waals surface area contributed by atoms with E-state index in [2.05, 4.69) is 5.32 Å². The van der Waals surface area contributed by atoms with Crippen LogP contribution in [0.3, 0.4) is 0 Å². The van der Waals surface area contributed by atoms with Gasteiger partial charge in [-0.3, -0.25) is 0 Å². The molecule has 1 aromatic carbocycles. The van der Waals surface area contributed by atoms with Crippen LogP contribution < -0.4 is 5.32 Å². The fraction of sp³-hybridized carbons (Fsp3) is 0.538. The zero-order chi connectivity index (χ0) is 11.2. The van der Waals surface area contributed by atoms with E-state index in [0.29, 0.717) is 0 Å². The van der Waals surface area contributed by atoms with E-state index in [4.69, 9.17) is 0 Å². The highest BCUT2D eigenvalue weighted by Gasteiger charge is 2.14. The van der Waals surface area contributed by atoms with Gasteiger partial charge in [-0.1, -0.05) is 12.1 Å². The fourth-order valence-corrected chi connectivity index (χ4v) is 3.26. The third-order valence-corrected chi connectivity index (χ3v) is 4.17. The first-order valence-electron chi connectivity index (χ1n) is 5.87. The lowest BCUT2D eigenvalue weighted by molar-refractivity contribution is 0.525. The van der Waals surface area contributed by atoms with Crippen molar-refractivity contribution >= 4 is 11.8 Å². The molecule has 1 unspecified atom stereocenters. The normalized spacial score (nSPS) is 20.2. The van der Waals surface area contributed by atoms with Crippen molar-refractivity contribution < 1.29 is 4.39 Å². The lowest BCUT2D eigenvalue weighted by Crippen LogP contribution is -2.24. The van der Waals surface area contributed by atoms with Crippen molar-refractivity contribution in [3.05, 3.63) is 35.6 Å². The summed E-state index contributed by atoms with van der Waals surface area (Å²) in [6, 6.07) is 6.87. The quantitative estimate of drug-likeness (QED) is 0.793. The molecule has 0 spiro atoms. The smallest absolute Gasteiger partial charge is 0.123 e. The van der Waals surface area contributed by atoms with Crippen LogP contribution in [0.1, 0.15) is 12.0 Å². The zero-order valence-corrected chi connectivity index (χ0v) is 10.2. The molecule has 0 bridgehead atoms. The van der Waals surface area contributed by atoms with Gasteiger partial charge in [-0.05, 0) is 61.1 Å². The highest BCUT2D eigenvalue weighted by atomic mass is 32.2. The van der Waals surface area contributed by atoms with Gasteiger partial charge in [-0.2, -0.15) is 11.8 Å². The van der Waals surface area contributed by atoms with Gasteiger partial charge in [0, 0.05) is 0 Å². The van der Waals surface area contributed by atoms with E-state index in [1.54, 1.807) is 12.1 Å². The molecule has 2 rings (SSSR count). The molecule has 1 nitrogen and oxygen atoms in total. The van der Waals surface area contributed by atoms with Gasteiger partial charge >= 0.3 is 0 Å². The predicted octanol–water partition coefficient (Wildman–Crippen LogP) is 2.71. The minimum Gasteiger partial charge on any atom is -0.316 e. The van der Waals surface area contributed by atoms with Crippen LogP contribution in [0.2, 0.25) is 0 Å². The highest BCUT2D eigenvalue weighted by Crippen LogP contribution is 2.22. The summed E-state index contributed by atoms with van der Waals surface area (Å²) < 4.78 is 12.9. The Hall–Kier alpha value is -0.540. The third-order valence-electron chi connectivity index (χ3n) is 2.94. The van der Waals surface area contributed by atoms with Crippen LogP contribution in [-0.4, -0.2) is 24.6 Å². The minimum absolute atomic E-state index is 0.135. The van der Waals surface area contributed by atoms with Gasteiger partial charge in [-0.15, -0.1) is 0 Å². The van der Waals surface area contributed by atoms with Gasteiger partial charge in [0.1, 0.15) is 5.82 Å². The number of hydrogen-bond donors (Lipinski definition) is 1. The highest BCUT2D eigenvalue weighted by molar-refractivity contribution is 7.99. The van der Waals surface area contributed by atoms with Gasteiger partial charge < -0.3 is 5.32 Å². The Morgan fingerprint density at radius 3 is 3.12 bits per heavy atom. The number of halogens is 1. The number of thioether (sulfide) groups is 1. The molecule has 0 saturated carbocycles. The largest absolute Gasteiger partial charge is 0.316 e. The monoisotopic (exact) mass is 239 g/mol. The van der Waals surface area contributed by atoms with Crippen LogP contribution in [0.25, 0.3) is 0 Å². The fourth-order valence-electron chi connectivity index (χ4n) is 1.98. The molecular weight excluding hydrogens is 221 g/mol. The van der Waals surface area contributed by atoms with E-state index in [1.807, 2.05) is 17.8 Å². The lowest BCUT2D eigenvalue weighted by Gasteiger charge is -2.09. The van der Waals surface area contributed by atoms with Crippen molar-refractivity contribution in [3.63, 3.8) is 0 Å². The Morgan fingerprint density at radius 2 is 2.38 bits per heavy atom. The van der Waals surface area contributed by atoms with Crippen molar-refractivity contribution in [1.29, 1.82) is 0 Å². The summed E-state index contributed by atoms with van der Waals surface area (Å²) in [6.45, 7) is 2.06. The van der Waals surface area contributed by atoms with Crippen molar-refractivity contribution in [1.82, 2.24) is 5.32 Å². The molecule has 0 aliphatic carbocycles. The molecule has 0 radical (unpaired) electrons. The topological polar surface area (TPSA) is 12.0 Å². The molecule has 1 aliphatic rings. The Kier molecular flexibility index (Phi) is 4.67. The summed E-state index contributed by atoms with van der Waals surface area (Å²) >= 11 is 2.05. The Morgan fingerprint density at radius 1 is 1.44 bits per heavy atom. The van der Waals surface area contributed by atoms with Gasteiger partial charge in [-0.25, -0.2) is 4.39 Å². The average molecular weight is 239 g/mol. The van der Waals surface area contributed by atoms with E-state index < -0.39 is 0 Å². The Labute approximate surface area is 101 Å². The average Bonchev–Trinajstić information content (AvgIpc) is 2.77. The number of nitrogens with one attached hydrogen (secondary N) is 1. The molecule has 0 amide bonds. The third kappa shape index (κ3) is 3.80. The molecule has 0 aromatic heterocycles. The van der Waals surface area contributed by atoms with E-state index in [9.17, 15) is 4.39 Å². The van der Waals surface area contributed by atoms with Crippen molar-refractivity contribution in [2.24, 2.45) is 5.92 Å². The molecule has 1 heterocycles. The van der Waals surface area contributed by atoms with Crippen LogP contribution in [0.4, 0.5) is 4.39 Å². The van der Waals surface area contributed by atoms with Gasteiger partial charge in [0.2, 0.25) is 0 Å². The standard InChI is InChI=1S/C13H18FNS/c14-13-3-1-2-11(8-13)4-6-15-9-12-5-7-16-10-12/h1-3,8,12,15H,4-7,9-10H2. The second kappa shape index (κ2) is 6.26. The Bertz CT molecular complexity index is 323. The molecule has 88 valence electrons. The summed E-state index contributed by atoms with van der Waals surface area (Å²) in [7, 11) is 0. The molecular formula is C13H18FNS. The maximum atomic E-state index is 12.9. The summed E-state index contributed by atoms with van der Waals surface area (Å²) in [5.74, 6) is 3.32. The van der Waals surface area contributed by atoms with E-state index in [0.717, 1.165) is 31.0 Å². The maximum Gasteiger partial charge on any atom is 0.123 e. The zero-order valence-electron chi connectivity index (χ0n) is 9.42. The summed E-state index contributed by atoms with van der Waals surface area (Å²) in [5, 5.41) is 3.46. The van der Waals surface area contributed by atoms with Crippen LogP contribution in [-0.2, 0) is 6.42 Å². The number of rotatable bonds is 5. The SMILES string of the molecule is Fc1cccc(CCNCC2CCSC2)c1. The van der Waals surface area contributed by atoms with Crippen LogP contribution in [0.5, 0.6) is 0 Å². The molecule has 1 atom stereocenters. The molecule has 1 aromatic rings. The molecule has 3 heteroatoms. The van der Waals surface area contributed by atoms with E-state index >= 15 is 0 Å². The summed E-state index contributed by atoms with van der Waals surface area (Å²) in [4.78, 5) is 0. The van der Waals surface area contributed by atoms with Crippen molar-refractivity contribution in [2.45, 2.75) is 12.8 Å². The van der Waals surface area contributed by atoms with E-state index in [1.165, 1.54) is 24.0 Å². The Balaban J connectivity index is 1.64. The second-order valence-corrected chi connectivity index (χ2v) is 5.46. The predicted molar refractivity (Wildman–Crippen MR) is 68.4 cm³/mol. The molecule has 1 saturated heterocycles.